The molecule has 2 rings (SSSR count). The van der Waals surface area contributed by atoms with Gasteiger partial charge in [0, 0.05) is 17.6 Å². The van der Waals surface area contributed by atoms with Crippen LogP contribution in [0.15, 0.2) is 11.6 Å². The molecule has 3 nitrogen and oxygen atoms in total. The molecule has 0 aromatic carbocycles. The van der Waals surface area contributed by atoms with E-state index in [0.717, 1.165) is 18.2 Å². The largest absolute Gasteiger partial charge is 0.370 e. The fourth-order valence-electron chi connectivity index (χ4n) is 1.67. The van der Waals surface area contributed by atoms with E-state index >= 15 is 0 Å². The number of nitrogens with zero attached hydrogens (tertiary/aromatic N) is 1. The number of hydrogen-bond donors (Lipinski definition) is 1. The Morgan fingerprint density at radius 1 is 1.79 bits per heavy atom. The Hall–Kier alpha value is -0.450. The molecular weight excluding hydrogens is 196 g/mol. The second-order valence-corrected chi connectivity index (χ2v) is 4.57. The standard InChI is InChI=1S/C10H16N2OS/c1-8(10-12-5-6-14-10)13-7-9-3-2-4-11-9/h5-6,8-9,11H,2-4,7H2,1H3/t8-,9+/m1/s1. The smallest absolute Gasteiger partial charge is 0.121 e. The van der Waals surface area contributed by atoms with Crippen molar-refractivity contribution in [2.45, 2.75) is 31.9 Å². The fraction of sp³-hybridized carbons (Fsp3) is 0.700. The van der Waals surface area contributed by atoms with Gasteiger partial charge in [0.05, 0.1) is 6.61 Å². The second-order valence-electron chi connectivity index (χ2n) is 3.64. The Labute approximate surface area is 88.5 Å². The summed E-state index contributed by atoms with van der Waals surface area (Å²) in [4.78, 5) is 4.23. The Kier molecular flexibility index (Phi) is 3.50. The maximum absolute atomic E-state index is 5.76. The van der Waals surface area contributed by atoms with Gasteiger partial charge < -0.3 is 10.1 Å². The van der Waals surface area contributed by atoms with Crippen LogP contribution in [0.1, 0.15) is 30.9 Å². The third-order valence-electron chi connectivity index (χ3n) is 2.51. The molecule has 14 heavy (non-hydrogen) atoms. The van der Waals surface area contributed by atoms with Crippen LogP contribution < -0.4 is 5.32 Å². The molecular formula is C10H16N2OS. The molecule has 2 heterocycles. The zero-order chi connectivity index (χ0) is 9.80. The van der Waals surface area contributed by atoms with Gasteiger partial charge in [0.1, 0.15) is 11.1 Å². The lowest BCUT2D eigenvalue weighted by Crippen LogP contribution is -2.27. The van der Waals surface area contributed by atoms with Crippen molar-refractivity contribution in [2.24, 2.45) is 0 Å². The Morgan fingerprint density at radius 3 is 3.36 bits per heavy atom. The van der Waals surface area contributed by atoms with Crippen LogP contribution in [-0.2, 0) is 4.74 Å². The van der Waals surface area contributed by atoms with Gasteiger partial charge in [-0.15, -0.1) is 11.3 Å². The van der Waals surface area contributed by atoms with Crippen LogP contribution in [0.4, 0.5) is 0 Å². The van der Waals surface area contributed by atoms with Gasteiger partial charge >= 0.3 is 0 Å². The third kappa shape index (κ3) is 2.53. The van der Waals surface area contributed by atoms with Crippen LogP contribution >= 0.6 is 11.3 Å². The molecule has 1 saturated heterocycles. The van der Waals surface area contributed by atoms with Gasteiger partial charge in [-0.05, 0) is 26.3 Å². The molecule has 0 saturated carbocycles. The summed E-state index contributed by atoms with van der Waals surface area (Å²) in [6, 6.07) is 0.553. The predicted molar refractivity (Wildman–Crippen MR) is 57.5 cm³/mol. The van der Waals surface area contributed by atoms with Crippen molar-refractivity contribution < 1.29 is 4.74 Å². The summed E-state index contributed by atoms with van der Waals surface area (Å²) in [6.07, 6.45) is 4.48. The van der Waals surface area contributed by atoms with Crippen LogP contribution in [0, 0.1) is 0 Å². The topological polar surface area (TPSA) is 34.1 Å². The maximum atomic E-state index is 5.76. The summed E-state index contributed by atoms with van der Waals surface area (Å²) in [7, 11) is 0. The highest BCUT2D eigenvalue weighted by atomic mass is 32.1. The van der Waals surface area contributed by atoms with Gasteiger partial charge in [-0.2, -0.15) is 0 Å². The monoisotopic (exact) mass is 212 g/mol. The molecule has 0 aliphatic carbocycles. The minimum Gasteiger partial charge on any atom is -0.370 e. The van der Waals surface area contributed by atoms with Crippen LogP contribution in [-0.4, -0.2) is 24.2 Å². The lowest BCUT2D eigenvalue weighted by molar-refractivity contribution is 0.0523. The quantitative estimate of drug-likeness (QED) is 0.828. The molecule has 0 amide bonds. The van der Waals surface area contributed by atoms with Crippen molar-refractivity contribution in [3.63, 3.8) is 0 Å². The molecule has 0 unspecified atom stereocenters. The van der Waals surface area contributed by atoms with E-state index in [9.17, 15) is 0 Å². The number of hydrogen-bond acceptors (Lipinski definition) is 4. The molecule has 1 aromatic heterocycles. The minimum absolute atomic E-state index is 0.136. The van der Waals surface area contributed by atoms with Crippen molar-refractivity contribution in [1.29, 1.82) is 0 Å². The summed E-state index contributed by atoms with van der Waals surface area (Å²) in [5.41, 5.74) is 0. The molecule has 1 aromatic rings. The Morgan fingerprint density at radius 2 is 2.71 bits per heavy atom. The summed E-state index contributed by atoms with van der Waals surface area (Å²) in [5.74, 6) is 0. The van der Waals surface area contributed by atoms with Gasteiger partial charge in [0.25, 0.3) is 0 Å². The first-order valence-corrected chi connectivity index (χ1v) is 5.98. The Balaban J connectivity index is 1.74. The molecule has 78 valence electrons. The SMILES string of the molecule is C[C@@H](OC[C@@H]1CCCN1)c1nccs1. The molecule has 1 fully saturated rings. The van der Waals surface area contributed by atoms with E-state index in [-0.39, 0.29) is 6.10 Å². The average molecular weight is 212 g/mol. The highest BCUT2D eigenvalue weighted by Gasteiger charge is 2.16. The molecule has 2 atom stereocenters. The highest BCUT2D eigenvalue weighted by Crippen LogP contribution is 2.19. The van der Waals surface area contributed by atoms with E-state index in [2.05, 4.69) is 17.2 Å². The van der Waals surface area contributed by atoms with Crippen LogP contribution in [0.5, 0.6) is 0 Å². The second kappa shape index (κ2) is 4.87. The van der Waals surface area contributed by atoms with Crippen molar-refractivity contribution in [3.05, 3.63) is 16.6 Å². The Bertz CT molecular complexity index is 257. The molecule has 1 aliphatic heterocycles. The van der Waals surface area contributed by atoms with Crippen LogP contribution in [0.3, 0.4) is 0 Å². The van der Waals surface area contributed by atoms with E-state index in [0.29, 0.717) is 6.04 Å². The summed E-state index contributed by atoms with van der Waals surface area (Å²) < 4.78 is 5.76. The van der Waals surface area contributed by atoms with Gasteiger partial charge in [-0.3, -0.25) is 0 Å². The van der Waals surface area contributed by atoms with Crippen molar-refractivity contribution in [2.75, 3.05) is 13.2 Å². The number of rotatable bonds is 4. The van der Waals surface area contributed by atoms with Crippen LogP contribution in [0.2, 0.25) is 0 Å². The first kappa shape index (κ1) is 10.1. The summed E-state index contributed by atoms with van der Waals surface area (Å²) in [5, 5.41) is 6.48. The first-order chi connectivity index (χ1) is 6.86. The molecule has 0 spiro atoms. The lowest BCUT2D eigenvalue weighted by atomic mass is 10.2. The molecule has 0 bridgehead atoms. The first-order valence-electron chi connectivity index (χ1n) is 5.10. The minimum atomic E-state index is 0.136. The van der Waals surface area contributed by atoms with E-state index in [4.69, 9.17) is 4.74 Å². The molecule has 1 N–H and O–H groups in total. The van der Waals surface area contributed by atoms with Gasteiger partial charge in [-0.1, -0.05) is 0 Å². The normalized spacial score (nSPS) is 23.9. The summed E-state index contributed by atoms with van der Waals surface area (Å²) in [6.45, 7) is 4.01. The van der Waals surface area contributed by atoms with Crippen LogP contribution in [0.25, 0.3) is 0 Å². The molecule has 1 aliphatic rings. The van der Waals surface area contributed by atoms with E-state index in [1.165, 1.54) is 12.8 Å². The van der Waals surface area contributed by atoms with Crippen molar-refractivity contribution in [1.82, 2.24) is 10.3 Å². The van der Waals surface area contributed by atoms with Gasteiger partial charge in [-0.25, -0.2) is 4.98 Å². The zero-order valence-electron chi connectivity index (χ0n) is 8.40. The van der Waals surface area contributed by atoms with E-state index in [1.807, 2.05) is 11.6 Å². The third-order valence-corrected chi connectivity index (χ3v) is 3.45. The fourth-order valence-corrected chi connectivity index (χ4v) is 2.31. The molecule has 0 radical (unpaired) electrons. The number of aromatic nitrogens is 1. The zero-order valence-corrected chi connectivity index (χ0v) is 9.22. The number of nitrogens with one attached hydrogen (secondary N) is 1. The average Bonchev–Trinajstić information content (AvgIpc) is 2.87. The predicted octanol–water partition coefficient (Wildman–Crippen LogP) is 1.97. The van der Waals surface area contributed by atoms with Gasteiger partial charge in [0.15, 0.2) is 0 Å². The van der Waals surface area contributed by atoms with Crippen molar-refractivity contribution >= 4 is 11.3 Å². The van der Waals surface area contributed by atoms with Crippen molar-refractivity contribution in [3.8, 4) is 0 Å². The molecule has 4 heteroatoms. The number of ether oxygens (including phenoxy) is 1. The summed E-state index contributed by atoms with van der Waals surface area (Å²) >= 11 is 1.66. The highest BCUT2D eigenvalue weighted by molar-refractivity contribution is 7.09. The van der Waals surface area contributed by atoms with E-state index in [1.54, 1.807) is 11.3 Å². The number of thiazole rings is 1. The lowest BCUT2D eigenvalue weighted by Gasteiger charge is -2.14. The van der Waals surface area contributed by atoms with E-state index < -0.39 is 0 Å². The maximum Gasteiger partial charge on any atom is 0.121 e. The van der Waals surface area contributed by atoms with Gasteiger partial charge in [0.2, 0.25) is 0 Å².